The van der Waals surface area contributed by atoms with Gasteiger partial charge in [0, 0.05) is 25.2 Å². The highest BCUT2D eigenvalue weighted by atomic mass is 35.5. The molecule has 2 amide bonds. The molecule has 7 nitrogen and oxygen atoms in total. The second-order valence-electron chi connectivity index (χ2n) is 6.08. The molecule has 2 atom stereocenters. The van der Waals surface area contributed by atoms with Crippen molar-refractivity contribution in [3.63, 3.8) is 0 Å². The summed E-state index contributed by atoms with van der Waals surface area (Å²) in [5, 5.41) is 12.4. The maximum absolute atomic E-state index is 12.5. The first kappa shape index (κ1) is 19.3. The molecule has 1 aliphatic rings. The van der Waals surface area contributed by atoms with Crippen molar-refractivity contribution >= 4 is 29.3 Å². The van der Waals surface area contributed by atoms with Gasteiger partial charge in [0.25, 0.3) is 0 Å². The average Bonchev–Trinajstić information content (AvgIpc) is 2.57. The number of carboxylic acids is 1. The monoisotopic (exact) mass is 370 g/mol. The highest BCUT2D eigenvalue weighted by Gasteiger charge is 2.28. The van der Waals surface area contributed by atoms with E-state index in [4.69, 9.17) is 26.2 Å². The minimum Gasteiger partial charge on any atom is -0.486 e. The van der Waals surface area contributed by atoms with Gasteiger partial charge in [-0.15, -0.1) is 0 Å². The topological polar surface area (TPSA) is 88.1 Å². The van der Waals surface area contributed by atoms with E-state index < -0.39 is 11.9 Å². The molecule has 0 saturated carbocycles. The van der Waals surface area contributed by atoms with Crippen LogP contribution in [0.15, 0.2) is 18.2 Å². The number of nitrogens with zero attached hydrogens (tertiary/aromatic N) is 1. The van der Waals surface area contributed by atoms with Crippen LogP contribution in [0.2, 0.25) is 5.02 Å². The molecule has 1 fully saturated rings. The third-order valence-corrected chi connectivity index (χ3v) is 4.21. The van der Waals surface area contributed by atoms with Crippen LogP contribution in [0.25, 0.3) is 0 Å². The lowest BCUT2D eigenvalue weighted by atomic mass is 9.99. The molecule has 1 aliphatic heterocycles. The van der Waals surface area contributed by atoms with Crippen LogP contribution in [0.4, 0.5) is 10.5 Å². The van der Waals surface area contributed by atoms with Gasteiger partial charge in [0.1, 0.15) is 11.9 Å². The van der Waals surface area contributed by atoms with Crippen molar-refractivity contribution in [2.24, 2.45) is 5.92 Å². The average molecular weight is 371 g/mol. The molecule has 2 unspecified atom stereocenters. The summed E-state index contributed by atoms with van der Waals surface area (Å²) in [5.41, 5.74) is 0.443. The number of ether oxygens (including phenoxy) is 2. The number of carbonyl (C=O) groups excluding carboxylic acids is 1. The number of aliphatic carboxylic acids is 1. The number of hydrogen-bond donors (Lipinski definition) is 2. The molecule has 0 radical (unpaired) electrons. The van der Waals surface area contributed by atoms with Crippen LogP contribution < -0.4 is 10.1 Å². The van der Waals surface area contributed by atoms with Crippen LogP contribution in [0.5, 0.6) is 5.75 Å². The van der Waals surface area contributed by atoms with E-state index in [1.54, 1.807) is 25.3 Å². The van der Waals surface area contributed by atoms with Crippen molar-refractivity contribution in [1.29, 1.82) is 0 Å². The normalized spacial score (nSPS) is 18.5. The summed E-state index contributed by atoms with van der Waals surface area (Å²) in [6.45, 7) is 2.97. The Kier molecular flexibility index (Phi) is 6.90. The molecule has 0 aliphatic carbocycles. The van der Waals surface area contributed by atoms with E-state index in [1.165, 1.54) is 4.90 Å². The largest absolute Gasteiger partial charge is 0.486 e. The number of anilines is 1. The third-order valence-electron chi connectivity index (χ3n) is 3.97. The molecular weight excluding hydrogens is 348 g/mol. The van der Waals surface area contributed by atoms with E-state index in [0.29, 0.717) is 42.5 Å². The van der Waals surface area contributed by atoms with E-state index >= 15 is 0 Å². The van der Waals surface area contributed by atoms with Gasteiger partial charge in [0.2, 0.25) is 0 Å². The fraction of sp³-hybridized carbons (Fsp3) is 0.529. The molecule has 1 saturated heterocycles. The summed E-state index contributed by atoms with van der Waals surface area (Å²) in [5.74, 6) is -0.928. The first-order chi connectivity index (χ1) is 11.9. The van der Waals surface area contributed by atoms with Crippen molar-refractivity contribution < 1.29 is 24.2 Å². The van der Waals surface area contributed by atoms with Gasteiger partial charge < -0.3 is 24.8 Å². The van der Waals surface area contributed by atoms with Gasteiger partial charge >= 0.3 is 12.0 Å². The van der Waals surface area contributed by atoms with E-state index in [0.717, 1.165) is 0 Å². The Morgan fingerprint density at radius 1 is 1.48 bits per heavy atom. The number of carboxylic acid groups (broad SMARTS) is 1. The van der Waals surface area contributed by atoms with Gasteiger partial charge in [-0.25, -0.2) is 4.79 Å². The molecule has 2 rings (SSSR count). The van der Waals surface area contributed by atoms with Crippen LogP contribution >= 0.6 is 11.6 Å². The van der Waals surface area contributed by atoms with E-state index in [2.05, 4.69) is 5.32 Å². The highest BCUT2D eigenvalue weighted by Crippen LogP contribution is 2.29. The lowest BCUT2D eigenvalue weighted by Crippen LogP contribution is -2.44. The Balaban J connectivity index is 2.08. The molecule has 0 bridgehead atoms. The predicted octanol–water partition coefficient (Wildman–Crippen LogP) is 3.08. The maximum Gasteiger partial charge on any atom is 0.321 e. The van der Waals surface area contributed by atoms with Crippen LogP contribution in [0, 0.1) is 5.92 Å². The molecule has 0 aromatic heterocycles. The summed E-state index contributed by atoms with van der Waals surface area (Å²) in [6, 6.07) is 4.60. The van der Waals surface area contributed by atoms with Crippen LogP contribution in [-0.4, -0.2) is 54.9 Å². The van der Waals surface area contributed by atoms with Crippen LogP contribution in [0.1, 0.15) is 19.8 Å². The number of amides is 2. The maximum atomic E-state index is 12.5. The molecule has 2 N–H and O–H groups in total. The number of benzene rings is 1. The minimum atomic E-state index is -0.877. The number of halogens is 1. The first-order valence-electron chi connectivity index (χ1n) is 8.14. The van der Waals surface area contributed by atoms with Crippen molar-refractivity contribution in [3.8, 4) is 5.75 Å². The van der Waals surface area contributed by atoms with Crippen molar-refractivity contribution in [3.05, 3.63) is 23.2 Å². The van der Waals surface area contributed by atoms with Gasteiger partial charge in [0.15, 0.2) is 0 Å². The molecule has 0 spiro atoms. The molecular formula is C17H23ClN2O5. The van der Waals surface area contributed by atoms with Crippen molar-refractivity contribution in [2.75, 3.05) is 32.1 Å². The predicted molar refractivity (Wildman–Crippen MR) is 94.4 cm³/mol. The van der Waals surface area contributed by atoms with E-state index in [1.807, 2.05) is 6.92 Å². The van der Waals surface area contributed by atoms with Gasteiger partial charge in [-0.1, -0.05) is 11.6 Å². The third kappa shape index (κ3) is 5.51. The van der Waals surface area contributed by atoms with Gasteiger partial charge in [-0.2, -0.15) is 0 Å². The molecule has 1 heterocycles. The Bertz CT molecular complexity index is 625. The number of hydrogen-bond acceptors (Lipinski definition) is 4. The summed E-state index contributed by atoms with van der Waals surface area (Å²) >= 11 is 6.03. The van der Waals surface area contributed by atoms with Crippen molar-refractivity contribution in [2.45, 2.75) is 25.9 Å². The number of urea groups is 1. The second kappa shape index (κ2) is 8.92. The Morgan fingerprint density at radius 3 is 2.92 bits per heavy atom. The lowest BCUT2D eigenvalue weighted by molar-refractivity contribution is -0.143. The first-order valence-corrected chi connectivity index (χ1v) is 8.52. The summed E-state index contributed by atoms with van der Waals surface area (Å²) in [7, 11) is 1.58. The Morgan fingerprint density at radius 2 is 2.24 bits per heavy atom. The molecule has 1 aromatic carbocycles. The van der Waals surface area contributed by atoms with Crippen molar-refractivity contribution in [1.82, 2.24) is 4.90 Å². The standard InChI is InChI=1S/C17H23ClN2O5/c1-11(10-24-2)25-15-6-5-13(18)8-14(15)19-17(23)20-7-3-4-12(9-20)16(21)22/h5-6,8,11-12H,3-4,7,9-10H2,1-2H3,(H,19,23)(H,21,22). The zero-order chi connectivity index (χ0) is 18.4. The Hall–Kier alpha value is -1.99. The number of likely N-dealkylation sites (tertiary alicyclic amines) is 1. The quantitative estimate of drug-likeness (QED) is 0.803. The number of rotatable bonds is 6. The van der Waals surface area contributed by atoms with Gasteiger partial charge in [-0.3, -0.25) is 4.79 Å². The second-order valence-corrected chi connectivity index (χ2v) is 6.51. The van der Waals surface area contributed by atoms with E-state index in [-0.39, 0.29) is 18.7 Å². The fourth-order valence-electron chi connectivity index (χ4n) is 2.75. The van der Waals surface area contributed by atoms with E-state index in [9.17, 15) is 9.59 Å². The summed E-state index contributed by atoms with van der Waals surface area (Å²) in [6.07, 6.45) is 1.04. The molecule has 25 heavy (non-hydrogen) atoms. The number of carbonyl (C=O) groups is 2. The van der Waals surface area contributed by atoms with Crippen LogP contribution in [0.3, 0.4) is 0 Å². The number of methoxy groups -OCH3 is 1. The lowest BCUT2D eigenvalue weighted by Gasteiger charge is -2.31. The van der Waals surface area contributed by atoms with Gasteiger partial charge in [-0.05, 0) is 38.0 Å². The minimum absolute atomic E-state index is 0.192. The SMILES string of the molecule is COCC(C)Oc1ccc(Cl)cc1NC(=O)N1CCCC(C(=O)O)C1. The fourth-order valence-corrected chi connectivity index (χ4v) is 2.92. The summed E-state index contributed by atoms with van der Waals surface area (Å²) in [4.78, 5) is 25.2. The Labute approximate surface area is 151 Å². The number of nitrogens with one attached hydrogen (secondary N) is 1. The van der Waals surface area contributed by atoms with Gasteiger partial charge in [0.05, 0.1) is 18.2 Å². The van der Waals surface area contributed by atoms with Crippen LogP contribution in [-0.2, 0) is 9.53 Å². The summed E-state index contributed by atoms with van der Waals surface area (Å²) < 4.78 is 10.8. The molecule has 1 aromatic rings. The zero-order valence-electron chi connectivity index (χ0n) is 14.3. The zero-order valence-corrected chi connectivity index (χ0v) is 15.1. The highest BCUT2D eigenvalue weighted by molar-refractivity contribution is 6.31. The molecule has 138 valence electrons. The smallest absolute Gasteiger partial charge is 0.321 e. The molecule has 8 heteroatoms. The number of piperidine rings is 1.